The molecule has 4 heteroatoms. The zero-order valence-electron chi connectivity index (χ0n) is 8.38. The van der Waals surface area contributed by atoms with Gasteiger partial charge in [0.25, 0.3) is 5.56 Å². The van der Waals surface area contributed by atoms with Crippen LogP contribution in [-0.4, -0.2) is 11.2 Å². The summed E-state index contributed by atoms with van der Waals surface area (Å²) in [4.78, 5) is 11.2. The van der Waals surface area contributed by atoms with Gasteiger partial charge in [-0.1, -0.05) is 12.8 Å². The van der Waals surface area contributed by atoms with Gasteiger partial charge < -0.3 is 10.3 Å². The lowest BCUT2D eigenvalue weighted by atomic mass is 9.82. The Morgan fingerprint density at radius 1 is 1.43 bits per heavy atom. The molecule has 14 heavy (non-hydrogen) atoms. The van der Waals surface area contributed by atoms with E-state index in [1.54, 1.807) is 6.92 Å². The standard InChI is InChI=1S/C10H16N2O2/c1-6-9(14-12-10(6)13)7-4-2-3-5-8(7)11/h7-8H,2-5,11H2,1H3,(H,12,13). The third-order valence-electron chi connectivity index (χ3n) is 3.12. The summed E-state index contributed by atoms with van der Waals surface area (Å²) in [6.45, 7) is 1.79. The van der Waals surface area contributed by atoms with Crippen molar-refractivity contribution in [1.82, 2.24) is 5.16 Å². The number of hydrogen-bond acceptors (Lipinski definition) is 3. The minimum atomic E-state index is -0.127. The summed E-state index contributed by atoms with van der Waals surface area (Å²) < 4.78 is 5.19. The predicted molar refractivity (Wildman–Crippen MR) is 53.3 cm³/mol. The van der Waals surface area contributed by atoms with Crippen molar-refractivity contribution in [1.29, 1.82) is 0 Å². The summed E-state index contributed by atoms with van der Waals surface area (Å²) in [7, 11) is 0. The van der Waals surface area contributed by atoms with E-state index in [4.69, 9.17) is 10.3 Å². The van der Waals surface area contributed by atoms with E-state index in [2.05, 4.69) is 5.16 Å². The lowest BCUT2D eigenvalue weighted by molar-refractivity contribution is 0.295. The average Bonchev–Trinajstić information content (AvgIpc) is 2.49. The van der Waals surface area contributed by atoms with Crippen molar-refractivity contribution < 1.29 is 4.52 Å². The van der Waals surface area contributed by atoms with Crippen LogP contribution in [0, 0.1) is 6.92 Å². The molecule has 1 aliphatic carbocycles. The van der Waals surface area contributed by atoms with E-state index in [0.29, 0.717) is 5.56 Å². The minimum Gasteiger partial charge on any atom is -0.383 e. The summed E-state index contributed by atoms with van der Waals surface area (Å²) >= 11 is 0. The molecule has 78 valence electrons. The smallest absolute Gasteiger partial charge is 0.283 e. The van der Waals surface area contributed by atoms with Crippen molar-refractivity contribution in [2.24, 2.45) is 5.73 Å². The SMILES string of the molecule is Cc1c(C2CCCCC2N)o[nH]c1=O. The van der Waals surface area contributed by atoms with Crippen molar-refractivity contribution in [2.45, 2.75) is 44.6 Å². The molecule has 0 bridgehead atoms. The molecule has 2 atom stereocenters. The molecule has 1 heterocycles. The van der Waals surface area contributed by atoms with Crippen molar-refractivity contribution >= 4 is 0 Å². The fraction of sp³-hybridized carbons (Fsp3) is 0.700. The largest absolute Gasteiger partial charge is 0.383 e. The molecular weight excluding hydrogens is 180 g/mol. The maximum Gasteiger partial charge on any atom is 0.283 e. The molecule has 4 nitrogen and oxygen atoms in total. The van der Waals surface area contributed by atoms with E-state index in [1.165, 1.54) is 12.8 Å². The summed E-state index contributed by atoms with van der Waals surface area (Å²) in [6.07, 6.45) is 4.42. The summed E-state index contributed by atoms with van der Waals surface area (Å²) in [6, 6.07) is 0.140. The lowest BCUT2D eigenvalue weighted by Gasteiger charge is -2.26. The van der Waals surface area contributed by atoms with Gasteiger partial charge in [-0.15, -0.1) is 0 Å². The van der Waals surface area contributed by atoms with Crippen LogP contribution in [0.1, 0.15) is 42.9 Å². The fourth-order valence-electron chi connectivity index (χ4n) is 2.21. The topological polar surface area (TPSA) is 72.0 Å². The Hall–Kier alpha value is -1.03. The van der Waals surface area contributed by atoms with E-state index >= 15 is 0 Å². The molecule has 0 saturated heterocycles. The summed E-state index contributed by atoms with van der Waals surface area (Å²) in [5.41, 5.74) is 6.57. The van der Waals surface area contributed by atoms with Crippen molar-refractivity contribution in [3.05, 3.63) is 21.7 Å². The molecule has 1 aromatic rings. The van der Waals surface area contributed by atoms with E-state index < -0.39 is 0 Å². The zero-order valence-corrected chi connectivity index (χ0v) is 8.38. The third-order valence-corrected chi connectivity index (χ3v) is 3.12. The van der Waals surface area contributed by atoms with Crippen LogP contribution in [0.4, 0.5) is 0 Å². The van der Waals surface area contributed by atoms with Crippen molar-refractivity contribution in [3.63, 3.8) is 0 Å². The molecule has 0 spiro atoms. The first-order valence-electron chi connectivity index (χ1n) is 5.13. The van der Waals surface area contributed by atoms with Crippen LogP contribution in [0.2, 0.25) is 0 Å². The van der Waals surface area contributed by atoms with Gasteiger partial charge in [0.2, 0.25) is 0 Å². The Morgan fingerprint density at radius 3 is 2.71 bits per heavy atom. The van der Waals surface area contributed by atoms with Crippen molar-refractivity contribution in [2.75, 3.05) is 0 Å². The van der Waals surface area contributed by atoms with Gasteiger partial charge in [0, 0.05) is 12.0 Å². The van der Waals surface area contributed by atoms with E-state index in [1.807, 2.05) is 0 Å². The number of aromatic amines is 1. The van der Waals surface area contributed by atoms with Crippen LogP contribution in [0.5, 0.6) is 0 Å². The second kappa shape index (κ2) is 3.61. The van der Waals surface area contributed by atoms with Crippen LogP contribution in [-0.2, 0) is 0 Å². The highest BCUT2D eigenvalue weighted by Gasteiger charge is 2.28. The van der Waals surface area contributed by atoms with E-state index in [-0.39, 0.29) is 17.5 Å². The Bertz CT molecular complexity index is 366. The highest BCUT2D eigenvalue weighted by Crippen LogP contribution is 2.32. The fourth-order valence-corrected chi connectivity index (χ4v) is 2.21. The molecule has 0 aliphatic heterocycles. The van der Waals surface area contributed by atoms with Crippen LogP contribution >= 0.6 is 0 Å². The number of aromatic nitrogens is 1. The van der Waals surface area contributed by atoms with Gasteiger partial charge in [-0.25, -0.2) is 0 Å². The quantitative estimate of drug-likeness (QED) is 0.710. The number of hydrogen-bond donors (Lipinski definition) is 2. The van der Waals surface area contributed by atoms with Gasteiger partial charge >= 0.3 is 0 Å². The maximum atomic E-state index is 11.2. The normalized spacial score (nSPS) is 27.9. The predicted octanol–water partition coefficient (Wildman–Crippen LogP) is 1.26. The molecule has 2 rings (SSSR count). The second-order valence-corrected chi connectivity index (χ2v) is 4.08. The van der Waals surface area contributed by atoms with E-state index in [0.717, 1.165) is 18.6 Å². The van der Waals surface area contributed by atoms with Gasteiger partial charge in [0.1, 0.15) is 5.76 Å². The second-order valence-electron chi connectivity index (χ2n) is 4.08. The molecule has 0 amide bonds. The first kappa shape index (κ1) is 9.52. The number of nitrogens with two attached hydrogens (primary N) is 1. The van der Waals surface area contributed by atoms with Gasteiger partial charge in [-0.2, -0.15) is 5.16 Å². The Kier molecular flexibility index (Phi) is 2.46. The summed E-state index contributed by atoms with van der Waals surface area (Å²) in [5, 5.41) is 2.37. The van der Waals surface area contributed by atoms with Crippen LogP contribution in [0.3, 0.4) is 0 Å². The molecule has 2 unspecified atom stereocenters. The first-order valence-corrected chi connectivity index (χ1v) is 5.13. The lowest BCUT2D eigenvalue weighted by Crippen LogP contribution is -2.31. The molecule has 0 radical (unpaired) electrons. The molecule has 1 saturated carbocycles. The molecule has 1 fully saturated rings. The molecule has 0 aromatic carbocycles. The molecule has 1 aromatic heterocycles. The van der Waals surface area contributed by atoms with Gasteiger partial charge in [0.15, 0.2) is 0 Å². The number of H-pyrrole nitrogens is 1. The molecule has 1 aliphatic rings. The highest BCUT2D eigenvalue weighted by atomic mass is 16.5. The van der Waals surface area contributed by atoms with Gasteiger partial charge in [-0.05, 0) is 19.8 Å². The van der Waals surface area contributed by atoms with E-state index in [9.17, 15) is 4.79 Å². The third kappa shape index (κ3) is 1.50. The van der Waals surface area contributed by atoms with Crippen molar-refractivity contribution in [3.8, 4) is 0 Å². The van der Waals surface area contributed by atoms with Crippen LogP contribution in [0.15, 0.2) is 9.32 Å². The van der Waals surface area contributed by atoms with Gasteiger partial charge in [-0.3, -0.25) is 4.79 Å². The van der Waals surface area contributed by atoms with Gasteiger partial charge in [0.05, 0.1) is 5.56 Å². The monoisotopic (exact) mass is 196 g/mol. The Labute approximate surface area is 82.4 Å². The Balaban J connectivity index is 2.29. The number of rotatable bonds is 1. The zero-order chi connectivity index (χ0) is 10.1. The van der Waals surface area contributed by atoms with Crippen LogP contribution < -0.4 is 11.3 Å². The number of nitrogens with one attached hydrogen (secondary N) is 1. The average molecular weight is 196 g/mol. The molecular formula is C10H16N2O2. The minimum absolute atomic E-state index is 0.127. The summed E-state index contributed by atoms with van der Waals surface area (Å²) in [5.74, 6) is 0.991. The molecule has 3 N–H and O–H groups in total. The maximum absolute atomic E-state index is 11.2. The highest BCUT2D eigenvalue weighted by molar-refractivity contribution is 5.18. The first-order chi connectivity index (χ1) is 6.70. The Morgan fingerprint density at radius 2 is 2.14 bits per heavy atom. The van der Waals surface area contributed by atoms with Crippen LogP contribution in [0.25, 0.3) is 0 Å².